The molecule has 0 bridgehead atoms. The standard InChI is InChI=1S/C17H21NO7S/c1-11(6-12-2-4-16(5-3-12)25-26(22,23)24)18-10-17(21)13-7-14(19)9-15(20)8-13/h2-5,7-9,11,17-21H,6,10H2,1H3,(H,22,23,24). The number of nitrogens with one attached hydrogen (secondary N) is 1. The third-order valence-corrected chi connectivity index (χ3v) is 4.04. The molecule has 2 aromatic rings. The molecule has 2 unspecified atom stereocenters. The quantitative estimate of drug-likeness (QED) is 0.433. The summed E-state index contributed by atoms with van der Waals surface area (Å²) in [7, 11) is -4.54. The lowest BCUT2D eigenvalue weighted by atomic mass is 10.1. The second-order valence-electron chi connectivity index (χ2n) is 5.97. The molecule has 0 aliphatic carbocycles. The van der Waals surface area contributed by atoms with Crippen LogP contribution in [0, 0.1) is 0 Å². The molecule has 0 spiro atoms. The first-order chi connectivity index (χ1) is 12.1. The minimum atomic E-state index is -4.54. The molecule has 0 aliphatic rings. The number of aliphatic hydroxyl groups excluding tert-OH is 1. The Bertz CT molecular complexity index is 816. The maximum absolute atomic E-state index is 10.6. The molecule has 5 N–H and O–H groups in total. The van der Waals surface area contributed by atoms with E-state index in [2.05, 4.69) is 9.50 Å². The molecule has 0 amide bonds. The molecule has 0 saturated heterocycles. The Hall–Kier alpha value is -2.33. The number of hydrogen-bond donors (Lipinski definition) is 5. The van der Waals surface area contributed by atoms with E-state index in [-0.39, 0.29) is 29.8 Å². The molecule has 0 aromatic heterocycles. The Morgan fingerprint density at radius 1 is 1.08 bits per heavy atom. The third-order valence-electron chi connectivity index (χ3n) is 3.64. The first kappa shape index (κ1) is 20.0. The summed E-state index contributed by atoms with van der Waals surface area (Å²) in [5.74, 6) is -0.241. The third kappa shape index (κ3) is 6.52. The van der Waals surface area contributed by atoms with Crippen molar-refractivity contribution in [2.75, 3.05) is 6.54 Å². The van der Waals surface area contributed by atoms with Crippen LogP contribution >= 0.6 is 0 Å². The number of benzene rings is 2. The highest BCUT2D eigenvalue weighted by Crippen LogP contribution is 2.24. The number of hydrogen-bond acceptors (Lipinski definition) is 7. The van der Waals surface area contributed by atoms with E-state index < -0.39 is 16.5 Å². The van der Waals surface area contributed by atoms with Gasteiger partial charge in [-0.2, -0.15) is 8.42 Å². The highest BCUT2D eigenvalue weighted by Gasteiger charge is 2.12. The topological polar surface area (TPSA) is 136 Å². The fraction of sp³-hybridized carbons (Fsp3) is 0.294. The van der Waals surface area contributed by atoms with E-state index in [1.54, 1.807) is 12.1 Å². The molecule has 0 radical (unpaired) electrons. The fourth-order valence-electron chi connectivity index (χ4n) is 2.47. The number of aromatic hydroxyl groups is 2. The Morgan fingerprint density at radius 3 is 2.19 bits per heavy atom. The summed E-state index contributed by atoms with van der Waals surface area (Å²) < 4.78 is 34.2. The summed E-state index contributed by atoms with van der Waals surface area (Å²) in [6.07, 6.45) is -0.301. The van der Waals surface area contributed by atoms with E-state index in [0.29, 0.717) is 12.0 Å². The molecular formula is C17H21NO7S. The van der Waals surface area contributed by atoms with E-state index in [4.69, 9.17) is 4.55 Å². The van der Waals surface area contributed by atoms with Crippen LogP contribution in [0.2, 0.25) is 0 Å². The van der Waals surface area contributed by atoms with Gasteiger partial charge in [-0.15, -0.1) is 0 Å². The monoisotopic (exact) mass is 383 g/mol. The summed E-state index contributed by atoms with van der Waals surface area (Å²) in [4.78, 5) is 0. The van der Waals surface area contributed by atoms with Crippen LogP contribution in [0.5, 0.6) is 17.2 Å². The predicted molar refractivity (Wildman–Crippen MR) is 94.5 cm³/mol. The van der Waals surface area contributed by atoms with Gasteiger partial charge in [0.25, 0.3) is 0 Å². The van der Waals surface area contributed by atoms with Crippen molar-refractivity contribution in [1.29, 1.82) is 0 Å². The molecule has 26 heavy (non-hydrogen) atoms. The molecule has 9 heteroatoms. The second kappa shape index (κ2) is 8.37. The maximum Gasteiger partial charge on any atom is 0.446 e. The molecule has 0 saturated carbocycles. The first-order valence-electron chi connectivity index (χ1n) is 7.82. The molecule has 142 valence electrons. The van der Waals surface area contributed by atoms with Gasteiger partial charge < -0.3 is 24.8 Å². The SMILES string of the molecule is CC(Cc1ccc(OS(=O)(=O)O)cc1)NCC(O)c1cc(O)cc(O)c1. The molecule has 8 nitrogen and oxygen atoms in total. The van der Waals surface area contributed by atoms with Crippen LogP contribution in [-0.4, -0.2) is 40.9 Å². The Balaban J connectivity index is 1.87. The Morgan fingerprint density at radius 2 is 1.65 bits per heavy atom. The van der Waals surface area contributed by atoms with Gasteiger partial charge in [-0.25, -0.2) is 0 Å². The zero-order chi connectivity index (χ0) is 19.3. The largest absolute Gasteiger partial charge is 0.508 e. The average molecular weight is 383 g/mol. The van der Waals surface area contributed by atoms with Gasteiger partial charge in [0.05, 0.1) is 6.10 Å². The summed E-state index contributed by atoms with van der Waals surface area (Å²) in [5, 5.41) is 32.2. The summed E-state index contributed by atoms with van der Waals surface area (Å²) in [5.41, 5.74) is 1.30. The van der Waals surface area contributed by atoms with E-state index in [9.17, 15) is 23.7 Å². The van der Waals surface area contributed by atoms with Gasteiger partial charge in [0.2, 0.25) is 0 Å². The Kier molecular flexibility index (Phi) is 6.43. The number of aliphatic hydroxyl groups is 1. The van der Waals surface area contributed by atoms with Crippen molar-refractivity contribution in [2.24, 2.45) is 0 Å². The van der Waals surface area contributed by atoms with Crippen LogP contribution in [0.15, 0.2) is 42.5 Å². The van der Waals surface area contributed by atoms with Crippen LogP contribution in [-0.2, 0) is 16.8 Å². The number of phenols is 2. The smallest absolute Gasteiger partial charge is 0.446 e. The molecule has 2 atom stereocenters. The van der Waals surface area contributed by atoms with Crippen molar-refractivity contribution in [3.63, 3.8) is 0 Å². The van der Waals surface area contributed by atoms with E-state index >= 15 is 0 Å². The van der Waals surface area contributed by atoms with E-state index in [1.807, 2.05) is 6.92 Å². The van der Waals surface area contributed by atoms with E-state index in [0.717, 1.165) is 5.56 Å². The lowest BCUT2D eigenvalue weighted by molar-refractivity contribution is 0.170. The molecule has 0 heterocycles. The van der Waals surface area contributed by atoms with Crippen LogP contribution < -0.4 is 9.50 Å². The number of phenolic OH excluding ortho intramolecular Hbond substituents is 2. The minimum Gasteiger partial charge on any atom is -0.508 e. The van der Waals surface area contributed by atoms with E-state index in [1.165, 1.54) is 30.3 Å². The zero-order valence-electron chi connectivity index (χ0n) is 14.0. The molecular weight excluding hydrogens is 362 g/mol. The highest BCUT2D eigenvalue weighted by molar-refractivity contribution is 7.81. The average Bonchev–Trinajstić information content (AvgIpc) is 2.52. The van der Waals surface area contributed by atoms with Gasteiger partial charge in [-0.05, 0) is 48.7 Å². The van der Waals surface area contributed by atoms with Gasteiger partial charge in [0.1, 0.15) is 17.2 Å². The van der Waals surface area contributed by atoms with Gasteiger partial charge in [-0.3, -0.25) is 4.55 Å². The van der Waals surface area contributed by atoms with Crippen LogP contribution in [0.4, 0.5) is 0 Å². The summed E-state index contributed by atoms with van der Waals surface area (Å²) >= 11 is 0. The van der Waals surface area contributed by atoms with Crippen molar-refractivity contribution in [3.8, 4) is 17.2 Å². The van der Waals surface area contributed by atoms with Gasteiger partial charge >= 0.3 is 10.4 Å². The van der Waals surface area contributed by atoms with Crippen molar-refractivity contribution in [2.45, 2.75) is 25.5 Å². The van der Waals surface area contributed by atoms with Crippen molar-refractivity contribution in [1.82, 2.24) is 5.32 Å². The zero-order valence-corrected chi connectivity index (χ0v) is 14.8. The number of rotatable bonds is 8. The van der Waals surface area contributed by atoms with Crippen molar-refractivity contribution in [3.05, 3.63) is 53.6 Å². The van der Waals surface area contributed by atoms with Gasteiger partial charge in [-0.1, -0.05) is 12.1 Å². The van der Waals surface area contributed by atoms with Crippen LogP contribution in [0.25, 0.3) is 0 Å². The maximum atomic E-state index is 10.6. The second-order valence-corrected chi connectivity index (χ2v) is 6.99. The van der Waals surface area contributed by atoms with Gasteiger partial charge in [0, 0.05) is 18.7 Å². The van der Waals surface area contributed by atoms with Crippen molar-refractivity contribution < 1.29 is 32.5 Å². The lowest BCUT2D eigenvalue weighted by Gasteiger charge is -2.18. The fourth-order valence-corrected chi connectivity index (χ4v) is 2.82. The lowest BCUT2D eigenvalue weighted by Crippen LogP contribution is -2.32. The normalized spacial score (nSPS) is 14.0. The summed E-state index contributed by atoms with van der Waals surface area (Å²) in [6, 6.07) is 10.1. The molecule has 2 rings (SSSR count). The molecule has 0 aliphatic heterocycles. The minimum absolute atomic E-state index is 0.0102. The summed E-state index contributed by atoms with van der Waals surface area (Å²) in [6.45, 7) is 2.13. The van der Waals surface area contributed by atoms with Crippen LogP contribution in [0.3, 0.4) is 0 Å². The van der Waals surface area contributed by atoms with Gasteiger partial charge in [0.15, 0.2) is 0 Å². The first-order valence-corrected chi connectivity index (χ1v) is 9.19. The highest BCUT2D eigenvalue weighted by atomic mass is 32.3. The Labute approximate surface area is 151 Å². The van der Waals surface area contributed by atoms with Crippen LogP contribution in [0.1, 0.15) is 24.2 Å². The van der Waals surface area contributed by atoms with Crippen molar-refractivity contribution >= 4 is 10.4 Å². The molecule has 0 fully saturated rings. The predicted octanol–water partition coefficient (Wildman–Crippen LogP) is 1.53. The molecule has 2 aromatic carbocycles.